The van der Waals surface area contributed by atoms with Crippen LogP contribution in [0.15, 0.2) is 36.8 Å². The van der Waals surface area contributed by atoms with Crippen LogP contribution in [-0.2, 0) is 6.54 Å². The molecule has 1 aromatic heterocycles. The van der Waals surface area contributed by atoms with Crippen LogP contribution in [0.1, 0.15) is 18.4 Å². The van der Waals surface area contributed by atoms with E-state index < -0.39 is 0 Å². The van der Waals surface area contributed by atoms with E-state index in [1.54, 1.807) is 0 Å². The zero-order chi connectivity index (χ0) is 12.4. The zero-order valence-electron chi connectivity index (χ0n) is 10.8. The fourth-order valence-electron chi connectivity index (χ4n) is 2.66. The Morgan fingerprint density at radius 1 is 1.44 bits per heavy atom. The van der Waals surface area contributed by atoms with Crippen molar-refractivity contribution in [3.05, 3.63) is 42.4 Å². The Morgan fingerprint density at radius 2 is 2.39 bits per heavy atom. The quantitative estimate of drug-likeness (QED) is 0.895. The molecule has 1 aliphatic heterocycles. The number of benzene rings is 1. The molecule has 1 aromatic carbocycles. The molecule has 94 valence electrons. The van der Waals surface area contributed by atoms with E-state index in [1.807, 2.05) is 12.5 Å². The maximum atomic E-state index is 4.31. The first kappa shape index (κ1) is 11.5. The second kappa shape index (κ2) is 4.94. The van der Waals surface area contributed by atoms with Crippen LogP contribution in [0.2, 0.25) is 0 Å². The smallest absolute Gasteiger partial charge is 0.0951 e. The van der Waals surface area contributed by atoms with Gasteiger partial charge in [0.2, 0.25) is 0 Å². The molecule has 1 N–H and O–H groups in total. The van der Waals surface area contributed by atoms with Crippen LogP contribution in [0, 0.1) is 6.92 Å². The molecular weight excluding hydrogens is 222 g/mol. The van der Waals surface area contributed by atoms with Gasteiger partial charge in [0.25, 0.3) is 0 Å². The molecule has 3 heteroatoms. The monoisotopic (exact) mass is 241 g/mol. The van der Waals surface area contributed by atoms with E-state index in [0.717, 1.165) is 13.1 Å². The predicted molar refractivity (Wildman–Crippen MR) is 73.4 cm³/mol. The van der Waals surface area contributed by atoms with Gasteiger partial charge in [0.05, 0.1) is 18.2 Å². The molecule has 0 amide bonds. The van der Waals surface area contributed by atoms with Gasteiger partial charge in [-0.3, -0.25) is 0 Å². The Balaban J connectivity index is 1.86. The van der Waals surface area contributed by atoms with Crippen molar-refractivity contribution in [3.63, 3.8) is 0 Å². The van der Waals surface area contributed by atoms with Crippen molar-refractivity contribution < 1.29 is 0 Å². The van der Waals surface area contributed by atoms with E-state index >= 15 is 0 Å². The summed E-state index contributed by atoms with van der Waals surface area (Å²) in [5.41, 5.74) is 3.76. The number of aromatic nitrogens is 2. The van der Waals surface area contributed by atoms with Crippen molar-refractivity contribution in [1.82, 2.24) is 14.9 Å². The number of hydrogen-bond donors (Lipinski definition) is 1. The summed E-state index contributed by atoms with van der Waals surface area (Å²) in [6, 6.07) is 9.21. The zero-order valence-corrected chi connectivity index (χ0v) is 10.8. The van der Waals surface area contributed by atoms with Gasteiger partial charge in [-0.1, -0.05) is 23.8 Å². The molecule has 2 aromatic rings. The lowest BCUT2D eigenvalue weighted by Crippen LogP contribution is -2.26. The van der Waals surface area contributed by atoms with Crippen LogP contribution < -0.4 is 5.32 Å². The largest absolute Gasteiger partial charge is 0.329 e. The van der Waals surface area contributed by atoms with Gasteiger partial charge in [0.1, 0.15) is 0 Å². The molecule has 0 saturated carbocycles. The van der Waals surface area contributed by atoms with Crippen LogP contribution in [0.25, 0.3) is 11.3 Å². The number of rotatable bonds is 3. The van der Waals surface area contributed by atoms with Crippen molar-refractivity contribution in [3.8, 4) is 11.3 Å². The molecule has 0 radical (unpaired) electrons. The first-order valence-electron chi connectivity index (χ1n) is 6.63. The SMILES string of the molecule is Cc1cccc(-c2cncn2CC2CCCN2)c1. The Labute approximate surface area is 108 Å². The topological polar surface area (TPSA) is 29.9 Å². The summed E-state index contributed by atoms with van der Waals surface area (Å²) < 4.78 is 2.26. The lowest BCUT2D eigenvalue weighted by atomic mass is 10.1. The molecule has 2 heterocycles. The summed E-state index contributed by atoms with van der Waals surface area (Å²) in [5, 5.41) is 3.54. The maximum Gasteiger partial charge on any atom is 0.0951 e. The van der Waals surface area contributed by atoms with E-state index in [4.69, 9.17) is 0 Å². The van der Waals surface area contributed by atoms with Gasteiger partial charge in [-0.15, -0.1) is 0 Å². The highest BCUT2D eigenvalue weighted by Gasteiger charge is 2.16. The average molecular weight is 241 g/mol. The summed E-state index contributed by atoms with van der Waals surface area (Å²) in [6.07, 6.45) is 6.46. The highest BCUT2D eigenvalue weighted by Crippen LogP contribution is 2.21. The molecule has 1 saturated heterocycles. The lowest BCUT2D eigenvalue weighted by Gasteiger charge is -2.14. The predicted octanol–water partition coefficient (Wildman–Crippen LogP) is 2.61. The van der Waals surface area contributed by atoms with Crippen LogP contribution in [0.3, 0.4) is 0 Å². The van der Waals surface area contributed by atoms with E-state index in [0.29, 0.717) is 6.04 Å². The van der Waals surface area contributed by atoms with Crippen LogP contribution in [-0.4, -0.2) is 22.1 Å². The highest BCUT2D eigenvalue weighted by molar-refractivity contribution is 5.59. The fraction of sp³-hybridized carbons (Fsp3) is 0.400. The van der Waals surface area contributed by atoms with Gasteiger partial charge in [-0.25, -0.2) is 4.98 Å². The Morgan fingerprint density at radius 3 is 3.17 bits per heavy atom. The first-order chi connectivity index (χ1) is 8.83. The minimum absolute atomic E-state index is 0.600. The minimum atomic E-state index is 0.600. The van der Waals surface area contributed by atoms with Crippen molar-refractivity contribution in [2.45, 2.75) is 32.4 Å². The third kappa shape index (κ3) is 2.31. The molecule has 1 atom stereocenters. The Bertz CT molecular complexity index is 524. The van der Waals surface area contributed by atoms with E-state index in [1.165, 1.54) is 29.7 Å². The van der Waals surface area contributed by atoms with Gasteiger partial charge >= 0.3 is 0 Å². The molecule has 1 fully saturated rings. The molecule has 0 aliphatic carbocycles. The van der Waals surface area contributed by atoms with Crippen molar-refractivity contribution in [2.75, 3.05) is 6.54 Å². The van der Waals surface area contributed by atoms with Crippen LogP contribution >= 0.6 is 0 Å². The molecule has 18 heavy (non-hydrogen) atoms. The summed E-state index contributed by atoms with van der Waals surface area (Å²) in [4.78, 5) is 4.31. The van der Waals surface area contributed by atoms with Crippen molar-refractivity contribution in [1.29, 1.82) is 0 Å². The standard InChI is InChI=1S/C15H19N3/c1-12-4-2-5-13(8-12)15-9-16-11-18(15)10-14-6-3-7-17-14/h2,4-5,8-9,11,14,17H,3,6-7,10H2,1H3. The normalized spacial score (nSPS) is 19.3. The third-order valence-corrected chi connectivity index (χ3v) is 3.61. The van der Waals surface area contributed by atoms with Gasteiger partial charge < -0.3 is 9.88 Å². The highest BCUT2D eigenvalue weighted by atomic mass is 15.1. The summed E-state index contributed by atoms with van der Waals surface area (Å²) >= 11 is 0. The molecule has 1 unspecified atom stereocenters. The fourth-order valence-corrected chi connectivity index (χ4v) is 2.66. The van der Waals surface area contributed by atoms with Crippen LogP contribution in [0.5, 0.6) is 0 Å². The van der Waals surface area contributed by atoms with E-state index in [2.05, 4.69) is 46.1 Å². The average Bonchev–Trinajstić information content (AvgIpc) is 3.01. The van der Waals surface area contributed by atoms with Crippen molar-refractivity contribution in [2.24, 2.45) is 0 Å². The molecule has 0 bridgehead atoms. The summed E-state index contributed by atoms with van der Waals surface area (Å²) in [6.45, 7) is 4.30. The molecule has 3 rings (SSSR count). The molecule has 0 spiro atoms. The maximum absolute atomic E-state index is 4.31. The van der Waals surface area contributed by atoms with Gasteiger partial charge in [0.15, 0.2) is 0 Å². The van der Waals surface area contributed by atoms with E-state index in [-0.39, 0.29) is 0 Å². The van der Waals surface area contributed by atoms with Crippen LogP contribution in [0.4, 0.5) is 0 Å². The number of nitrogens with zero attached hydrogens (tertiary/aromatic N) is 2. The van der Waals surface area contributed by atoms with Gasteiger partial charge in [-0.2, -0.15) is 0 Å². The number of nitrogens with one attached hydrogen (secondary N) is 1. The van der Waals surface area contributed by atoms with Gasteiger partial charge in [-0.05, 0) is 32.4 Å². The van der Waals surface area contributed by atoms with E-state index in [9.17, 15) is 0 Å². The summed E-state index contributed by atoms with van der Waals surface area (Å²) in [5.74, 6) is 0. The second-order valence-corrected chi connectivity index (χ2v) is 5.09. The van der Waals surface area contributed by atoms with Crippen molar-refractivity contribution >= 4 is 0 Å². The number of imidazole rings is 1. The lowest BCUT2D eigenvalue weighted by molar-refractivity contribution is 0.512. The first-order valence-corrected chi connectivity index (χ1v) is 6.63. The Hall–Kier alpha value is -1.61. The van der Waals surface area contributed by atoms with Gasteiger partial charge in [0, 0.05) is 18.2 Å². The summed E-state index contributed by atoms with van der Waals surface area (Å²) in [7, 11) is 0. The number of hydrogen-bond acceptors (Lipinski definition) is 2. The molecular formula is C15H19N3. The molecule has 1 aliphatic rings. The minimum Gasteiger partial charge on any atom is -0.329 e. The Kier molecular flexibility index (Phi) is 3.15. The third-order valence-electron chi connectivity index (χ3n) is 3.61. The molecule has 3 nitrogen and oxygen atoms in total. The number of aryl methyl sites for hydroxylation is 1. The second-order valence-electron chi connectivity index (χ2n) is 5.09.